The predicted molar refractivity (Wildman–Crippen MR) is 119 cm³/mol. The summed E-state index contributed by atoms with van der Waals surface area (Å²) in [6, 6.07) is 12.3. The fourth-order valence-electron chi connectivity index (χ4n) is 3.19. The third kappa shape index (κ3) is 7.61. The second-order valence-corrected chi connectivity index (χ2v) is 8.38. The number of anilines is 1. The van der Waals surface area contributed by atoms with Gasteiger partial charge in [0.2, 0.25) is 17.7 Å². The largest absolute Gasteiger partial charge is 0.356 e. The lowest BCUT2D eigenvalue weighted by molar-refractivity contribution is -0.125. The van der Waals surface area contributed by atoms with Crippen LogP contribution < -0.4 is 21.3 Å². The zero-order valence-electron chi connectivity index (χ0n) is 17.2. The molecule has 1 saturated heterocycles. The Morgan fingerprint density at radius 1 is 1.09 bits per heavy atom. The van der Waals surface area contributed by atoms with Crippen LogP contribution in [0.2, 0.25) is 0 Å². The van der Waals surface area contributed by atoms with Gasteiger partial charge in [-0.3, -0.25) is 19.7 Å². The fraction of sp³-hybridized carbons (Fsp3) is 0.318. The molecule has 10 heteroatoms. The number of carbonyl (C=O) groups is 3. The Hall–Kier alpha value is -2.98. The number of halogens is 2. The SMILES string of the molecule is O=C(CC1CC(=O)NC(SCC(=O)Nc2ccc(F)cc2F)N1)NCCc1ccccc1. The molecule has 170 valence electrons. The maximum absolute atomic E-state index is 13.6. The van der Waals surface area contributed by atoms with Crippen LogP contribution >= 0.6 is 11.8 Å². The molecule has 0 aliphatic carbocycles. The molecule has 3 amide bonds. The van der Waals surface area contributed by atoms with Gasteiger partial charge in [-0.15, -0.1) is 11.8 Å². The van der Waals surface area contributed by atoms with Crippen molar-refractivity contribution in [1.82, 2.24) is 16.0 Å². The van der Waals surface area contributed by atoms with E-state index < -0.39 is 23.0 Å². The summed E-state index contributed by atoms with van der Waals surface area (Å²) in [5.74, 6) is -2.58. The summed E-state index contributed by atoms with van der Waals surface area (Å²) in [6.45, 7) is 0.500. The molecule has 2 unspecified atom stereocenters. The van der Waals surface area contributed by atoms with Crippen LogP contribution in [0.4, 0.5) is 14.5 Å². The van der Waals surface area contributed by atoms with Crippen molar-refractivity contribution in [1.29, 1.82) is 0 Å². The van der Waals surface area contributed by atoms with Crippen molar-refractivity contribution in [3.8, 4) is 0 Å². The van der Waals surface area contributed by atoms with Crippen molar-refractivity contribution in [3.05, 3.63) is 65.7 Å². The molecule has 0 aromatic heterocycles. The quantitative estimate of drug-likeness (QED) is 0.458. The number of thioether (sulfide) groups is 1. The number of carbonyl (C=O) groups excluding carboxylic acids is 3. The molecule has 0 spiro atoms. The molecule has 0 radical (unpaired) electrons. The van der Waals surface area contributed by atoms with Crippen molar-refractivity contribution >= 4 is 35.2 Å². The van der Waals surface area contributed by atoms with E-state index in [9.17, 15) is 23.2 Å². The molecule has 1 aliphatic rings. The molecule has 4 N–H and O–H groups in total. The van der Waals surface area contributed by atoms with E-state index in [2.05, 4.69) is 21.3 Å². The number of nitrogens with one attached hydrogen (secondary N) is 4. The Morgan fingerprint density at radius 2 is 1.88 bits per heavy atom. The molecule has 1 heterocycles. The summed E-state index contributed by atoms with van der Waals surface area (Å²) < 4.78 is 26.6. The molecule has 7 nitrogen and oxygen atoms in total. The Bertz CT molecular complexity index is 961. The standard InChI is InChI=1S/C22H24F2N4O3S/c23-15-6-7-18(17(24)10-15)27-21(31)13-32-22-26-16(12-20(30)28-22)11-19(29)25-9-8-14-4-2-1-3-5-14/h1-7,10,16,22,26H,8-9,11-13H2,(H,25,29)(H,27,31)(H,28,30). The van der Waals surface area contributed by atoms with Gasteiger partial charge in [0, 0.05) is 31.5 Å². The predicted octanol–water partition coefficient (Wildman–Crippen LogP) is 2.15. The molecule has 32 heavy (non-hydrogen) atoms. The highest BCUT2D eigenvalue weighted by Gasteiger charge is 2.28. The molecular formula is C22H24F2N4O3S. The van der Waals surface area contributed by atoms with E-state index in [1.54, 1.807) is 0 Å². The molecule has 2 aromatic rings. The summed E-state index contributed by atoms with van der Waals surface area (Å²) in [7, 11) is 0. The average Bonchev–Trinajstić information content (AvgIpc) is 2.75. The highest BCUT2D eigenvalue weighted by atomic mass is 32.2. The topological polar surface area (TPSA) is 99.3 Å². The first kappa shape index (κ1) is 23.7. The highest BCUT2D eigenvalue weighted by Crippen LogP contribution is 2.17. The van der Waals surface area contributed by atoms with E-state index in [1.165, 1.54) is 0 Å². The zero-order valence-corrected chi connectivity index (χ0v) is 18.0. The first-order valence-corrected chi connectivity index (χ1v) is 11.2. The molecule has 2 aromatic carbocycles. The lowest BCUT2D eigenvalue weighted by Crippen LogP contribution is -2.56. The molecule has 2 atom stereocenters. The third-order valence-electron chi connectivity index (χ3n) is 4.71. The van der Waals surface area contributed by atoms with Crippen molar-refractivity contribution in [2.24, 2.45) is 0 Å². The smallest absolute Gasteiger partial charge is 0.234 e. The van der Waals surface area contributed by atoms with Gasteiger partial charge >= 0.3 is 0 Å². The van der Waals surface area contributed by atoms with Gasteiger partial charge in [-0.05, 0) is 24.1 Å². The van der Waals surface area contributed by atoms with Gasteiger partial charge in [-0.25, -0.2) is 8.78 Å². The first-order valence-electron chi connectivity index (χ1n) is 10.1. The first-order chi connectivity index (χ1) is 15.4. The number of hydrogen-bond acceptors (Lipinski definition) is 5. The Labute approximate surface area is 188 Å². The van der Waals surface area contributed by atoms with Gasteiger partial charge in [0.05, 0.1) is 11.4 Å². The second-order valence-electron chi connectivity index (χ2n) is 7.29. The lowest BCUT2D eigenvalue weighted by Gasteiger charge is -2.30. The number of amides is 3. The van der Waals surface area contributed by atoms with Crippen LogP contribution in [0.1, 0.15) is 18.4 Å². The minimum Gasteiger partial charge on any atom is -0.356 e. The summed E-state index contributed by atoms with van der Waals surface area (Å²) in [5, 5.41) is 11.0. The summed E-state index contributed by atoms with van der Waals surface area (Å²) >= 11 is 1.10. The highest BCUT2D eigenvalue weighted by molar-refractivity contribution is 8.00. The van der Waals surface area contributed by atoms with Gasteiger partial charge in [0.25, 0.3) is 0 Å². The van der Waals surface area contributed by atoms with Gasteiger partial charge in [0.15, 0.2) is 0 Å². The van der Waals surface area contributed by atoms with E-state index in [0.717, 1.165) is 29.5 Å². The lowest BCUT2D eigenvalue weighted by atomic mass is 10.1. The minimum absolute atomic E-state index is 0.0786. The van der Waals surface area contributed by atoms with Crippen LogP contribution in [0.3, 0.4) is 0 Å². The monoisotopic (exact) mass is 462 g/mol. The van der Waals surface area contributed by atoms with Crippen molar-refractivity contribution in [3.63, 3.8) is 0 Å². The van der Waals surface area contributed by atoms with E-state index >= 15 is 0 Å². The van der Waals surface area contributed by atoms with Crippen LogP contribution in [0, 0.1) is 11.6 Å². The average molecular weight is 463 g/mol. The number of hydrogen-bond donors (Lipinski definition) is 4. The fourth-order valence-corrected chi connectivity index (χ4v) is 4.08. The van der Waals surface area contributed by atoms with E-state index in [1.807, 2.05) is 30.3 Å². The molecular weight excluding hydrogens is 438 g/mol. The maximum Gasteiger partial charge on any atom is 0.234 e. The minimum atomic E-state index is -0.870. The van der Waals surface area contributed by atoms with Crippen LogP contribution in [-0.4, -0.2) is 41.6 Å². The third-order valence-corrected chi connectivity index (χ3v) is 5.72. The normalized spacial score (nSPS) is 18.0. The summed E-state index contributed by atoms with van der Waals surface area (Å²) in [4.78, 5) is 36.3. The van der Waals surface area contributed by atoms with Crippen LogP contribution in [-0.2, 0) is 20.8 Å². The Kier molecular flexibility index (Phi) is 8.57. The van der Waals surface area contributed by atoms with Gasteiger partial charge in [-0.1, -0.05) is 30.3 Å². The molecule has 3 rings (SSSR count). The van der Waals surface area contributed by atoms with Crippen molar-refractivity contribution < 1.29 is 23.2 Å². The Balaban J connectivity index is 1.40. The molecule has 1 aliphatic heterocycles. The van der Waals surface area contributed by atoms with Crippen molar-refractivity contribution in [2.75, 3.05) is 17.6 Å². The number of benzene rings is 2. The second kappa shape index (κ2) is 11.6. The maximum atomic E-state index is 13.6. The van der Waals surface area contributed by atoms with Gasteiger partial charge in [-0.2, -0.15) is 0 Å². The van der Waals surface area contributed by atoms with E-state index in [-0.39, 0.29) is 42.1 Å². The molecule has 0 bridgehead atoms. The van der Waals surface area contributed by atoms with Crippen LogP contribution in [0.5, 0.6) is 0 Å². The van der Waals surface area contributed by atoms with E-state index in [0.29, 0.717) is 19.0 Å². The molecule has 1 fully saturated rings. The molecule has 0 saturated carbocycles. The van der Waals surface area contributed by atoms with Crippen LogP contribution in [0.15, 0.2) is 48.5 Å². The zero-order chi connectivity index (χ0) is 22.9. The van der Waals surface area contributed by atoms with Crippen molar-refractivity contribution in [2.45, 2.75) is 30.8 Å². The van der Waals surface area contributed by atoms with Crippen LogP contribution in [0.25, 0.3) is 0 Å². The number of rotatable bonds is 9. The van der Waals surface area contributed by atoms with Gasteiger partial charge in [0.1, 0.15) is 17.1 Å². The van der Waals surface area contributed by atoms with E-state index in [4.69, 9.17) is 0 Å². The summed E-state index contributed by atoms with van der Waals surface area (Å²) in [5.41, 5.74) is 0.433. The van der Waals surface area contributed by atoms with Gasteiger partial charge < -0.3 is 16.0 Å². The summed E-state index contributed by atoms with van der Waals surface area (Å²) in [6.07, 6.45) is 0.996. The Morgan fingerprint density at radius 3 is 2.62 bits per heavy atom.